The molecule has 0 aromatic rings. The normalized spacial score (nSPS) is 30.5. The Bertz CT molecular complexity index is 538. The minimum Gasteiger partial charge on any atom is -0.312 e. The van der Waals surface area contributed by atoms with Crippen LogP contribution in [0.5, 0.6) is 0 Å². The Balaban J connectivity index is 2.53. The van der Waals surface area contributed by atoms with Gasteiger partial charge in [0.2, 0.25) is 11.2 Å². The fourth-order valence-electron chi connectivity index (χ4n) is 2.92. The third-order valence-corrected chi connectivity index (χ3v) is 3.91. The largest absolute Gasteiger partial charge is 0.312 e. The van der Waals surface area contributed by atoms with Gasteiger partial charge in [0, 0.05) is 12.3 Å². The highest BCUT2D eigenvalue weighted by Gasteiger charge is 2.52. The minimum atomic E-state index is -1.75. The zero-order chi connectivity index (χ0) is 13.9. The third-order valence-electron chi connectivity index (χ3n) is 3.91. The van der Waals surface area contributed by atoms with Crippen LogP contribution < -0.4 is 0 Å². The summed E-state index contributed by atoms with van der Waals surface area (Å²) in [5.41, 5.74) is -3.47. The topological polar surface area (TPSA) is 104 Å². The van der Waals surface area contributed by atoms with E-state index in [4.69, 9.17) is 4.74 Å². The molecule has 0 radical (unpaired) electrons. The van der Waals surface area contributed by atoms with E-state index < -0.39 is 11.2 Å². The summed E-state index contributed by atoms with van der Waals surface area (Å²) in [7, 11) is 0. The van der Waals surface area contributed by atoms with Crippen LogP contribution in [0.1, 0.15) is 25.7 Å². The molecule has 0 aromatic heterocycles. The Kier molecular flexibility index (Phi) is 3.26. The molecule has 1 saturated carbocycles. The second-order valence-electron chi connectivity index (χ2n) is 4.95. The molecule has 5 heteroatoms. The van der Waals surface area contributed by atoms with Crippen molar-refractivity contribution in [2.75, 3.05) is 0 Å². The Hall–Kier alpha value is -2.34. The molecule has 0 saturated heterocycles. The molecule has 2 atom stereocenters. The molecule has 2 rings (SSSR count). The summed E-state index contributed by atoms with van der Waals surface area (Å²) in [4.78, 5) is 0. The van der Waals surface area contributed by atoms with E-state index in [2.05, 4.69) is 0 Å². The van der Waals surface area contributed by atoms with Crippen LogP contribution in [-0.4, -0.2) is 11.2 Å². The highest BCUT2D eigenvalue weighted by atomic mass is 16.5. The molecule has 1 aliphatic carbocycles. The zero-order valence-electron chi connectivity index (χ0n) is 10.3. The molecule has 0 bridgehead atoms. The molecule has 1 fully saturated rings. The van der Waals surface area contributed by atoms with Gasteiger partial charge in [0.1, 0.15) is 24.3 Å². The number of allylic oxidation sites excluding steroid dienone is 1. The first-order valence-electron chi connectivity index (χ1n) is 6.17. The van der Waals surface area contributed by atoms with E-state index in [0.717, 1.165) is 12.8 Å². The van der Waals surface area contributed by atoms with Crippen molar-refractivity contribution < 1.29 is 4.74 Å². The second kappa shape index (κ2) is 4.74. The van der Waals surface area contributed by atoms with E-state index in [1.807, 2.05) is 18.2 Å². The Morgan fingerprint density at radius 1 is 1.00 bits per heavy atom. The van der Waals surface area contributed by atoms with Gasteiger partial charge < -0.3 is 4.74 Å². The van der Waals surface area contributed by atoms with Gasteiger partial charge in [-0.05, 0) is 18.8 Å². The fourth-order valence-corrected chi connectivity index (χ4v) is 2.92. The molecule has 2 aliphatic rings. The molecule has 19 heavy (non-hydrogen) atoms. The van der Waals surface area contributed by atoms with E-state index in [0.29, 0.717) is 6.42 Å². The van der Waals surface area contributed by atoms with Crippen molar-refractivity contribution in [1.82, 2.24) is 0 Å². The van der Waals surface area contributed by atoms with Crippen LogP contribution in [0.2, 0.25) is 0 Å². The monoisotopic (exact) mass is 252 g/mol. The summed E-state index contributed by atoms with van der Waals surface area (Å²) >= 11 is 0. The number of ether oxygens (including phenoxy) is 1. The predicted octanol–water partition coefficient (Wildman–Crippen LogP) is 1.95. The van der Waals surface area contributed by atoms with E-state index in [9.17, 15) is 21.0 Å². The fraction of sp³-hybridized carbons (Fsp3) is 0.571. The number of rotatable bonds is 0. The van der Waals surface area contributed by atoms with Crippen molar-refractivity contribution >= 4 is 0 Å². The van der Waals surface area contributed by atoms with Crippen molar-refractivity contribution in [1.29, 1.82) is 21.0 Å². The van der Waals surface area contributed by atoms with Crippen molar-refractivity contribution in [2.45, 2.75) is 36.9 Å². The standard InChI is InChI=1S/C14H12N4O/c15-7-13(8-16)6-2-4-11-3-1-5-12(11)14(9-17,10-18)19-13/h2,4,11-12H,1,3,5-6H2. The van der Waals surface area contributed by atoms with Crippen LogP contribution >= 0.6 is 0 Å². The van der Waals surface area contributed by atoms with Gasteiger partial charge in [-0.2, -0.15) is 21.0 Å². The first kappa shape index (κ1) is 13.1. The summed E-state index contributed by atoms with van der Waals surface area (Å²) < 4.78 is 5.48. The first-order valence-corrected chi connectivity index (χ1v) is 6.17. The van der Waals surface area contributed by atoms with Crippen molar-refractivity contribution in [3.63, 3.8) is 0 Å². The minimum absolute atomic E-state index is 0.0777. The van der Waals surface area contributed by atoms with E-state index in [-0.39, 0.29) is 18.3 Å². The molecule has 0 spiro atoms. The summed E-state index contributed by atoms with van der Waals surface area (Å²) in [6.07, 6.45) is 6.28. The zero-order valence-corrected chi connectivity index (χ0v) is 10.3. The van der Waals surface area contributed by atoms with Crippen LogP contribution in [0.4, 0.5) is 0 Å². The molecule has 1 heterocycles. The van der Waals surface area contributed by atoms with Crippen LogP contribution in [-0.2, 0) is 4.74 Å². The predicted molar refractivity (Wildman–Crippen MR) is 63.6 cm³/mol. The average Bonchev–Trinajstić information content (AvgIpc) is 2.90. The maximum atomic E-state index is 9.39. The van der Waals surface area contributed by atoms with Gasteiger partial charge in [-0.1, -0.05) is 18.6 Å². The molecule has 0 amide bonds. The molecule has 0 aromatic carbocycles. The smallest absolute Gasteiger partial charge is 0.246 e. The quantitative estimate of drug-likeness (QED) is 0.613. The first-order chi connectivity index (χ1) is 9.15. The van der Waals surface area contributed by atoms with Gasteiger partial charge in [-0.25, -0.2) is 0 Å². The summed E-state index contributed by atoms with van der Waals surface area (Å²) in [5, 5.41) is 37.1. The lowest BCUT2D eigenvalue weighted by atomic mass is 9.79. The molecule has 1 aliphatic heterocycles. The maximum Gasteiger partial charge on any atom is 0.246 e. The lowest BCUT2D eigenvalue weighted by Crippen LogP contribution is -2.48. The summed E-state index contributed by atoms with van der Waals surface area (Å²) in [6.45, 7) is 0. The van der Waals surface area contributed by atoms with Crippen molar-refractivity contribution in [3.8, 4) is 24.3 Å². The molecule has 2 unspecified atom stereocenters. The average molecular weight is 252 g/mol. The van der Waals surface area contributed by atoms with Crippen molar-refractivity contribution in [2.24, 2.45) is 11.8 Å². The highest BCUT2D eigenvalue weighted by Crippen LogP contribution is 2.44. The molecular formula is C14H12N4O. The number of hydrogen-bond donors (Lipinski definition) is 0. The number of nitriles is 4. The van der Waals surface area contributed by atoms with Gasteiger partial charge in [0.15, 0.2) is 0 Å². The SMILES string of the molecule is N#CC1(C#N)CC=CC2CCCC2C(C#N)(C#N)O1. The van der Waals surface area contributed by atoms with E-state index in [1.54, 1.807) is 18.2 Å². The van der Waals surface area contributed by atoms with Gasteiger partial charge in [-0.15, -0.1) is 0 Å². The maximum absolute atomic E-state index is 9.39. The van der Waals surface area contributed by atoms with Crippen molar-refractivity contribution in [3.05, 3.63) is 12.2 Å². The number of hydrogen-bond acceptors (Lipinski definition) is 5. The van der Waals surface area contributed by atoms with Crippen LogP contribution in [0.15, 0.2) is 12.2 Å². The number of nitrogens with zero attached hydrogens (tertiary/aromatic N) is 4. The summed E-state index contributed by atoms with van der Waals surface area (Å²) in [5.74, 6) is -0.171. The Labute approximate surface area is 111 Å². The summed E-state index contributed by atoms with van der Waals surface area (Å²) in [6, 6.07) is 7.42. The lowest BCUT2D eigenvalue weighted by Gasteiger charge is -2.35. The molecule has 5 nitrogen and oxygen atoms in total. The van der Waals surface area contributed by atoms with E-state index in [1.165, 1.54) is 0 Å². The van der Waals surface area contributed by atoms with Gasteiger partial charge in [-0.3, -0.25) is 0 Å². The third kappa shape index (κ3) is 1.96. The molecular weight excluding hydrogens is 240 g/mol. The van der Waals surface area contributed by atoms with Gasteiger partial charge in [0.25, 0.3) is 0 Å². The number of fused-ring (bicyclic) bond motifs is 1. The van der Waals surface area contributed by atoms with E-state index >= 15 is 0 Å². The van der Waals surface area contributed by atoms with Gasteiger partial charge >= 0.3 is 0 Å². The van der Waals surface area contributed by atoms with Gasteiger partial charge in [0.05, 0.1) is 0 Å². The second-order valence-corrected chi connectivity index (χ2v) is 4.95. The van der Waals surface area contributed by atoms with Crippen LogP contribution in [0.3, 0.4) is 0 Å². The van der Waals surface area contributed by atoms with Crippen LogP contribution in [0.25, 0.3) is 0 Å². The van der Waals surface area contributed by atoms with Crippen LogP contribution in [0, 0.1) is 57.2 Å². The lowest BCUT2D eigenvalue weighted by molar-refractivity contribution is -0.0745. The molecule has 0 N–H and O–H groups in total. The highest BCUT2D eigenvalue weighted by molar-refractivity contribution is 5.31. The Morgan fingerprint density at radius 2 is 1.68 bits per heavy atom. The molecule has 94 valence electrons. The Morgan fingerprint density at radius 3 is 2.26 bits per heavy atom.